The minimum absolute atomic E-state index is 0.892. The molecule has 0 amide bonds. The number of hydrogen-bond donors (Lipinski definition) is 0. The first-order chi connectivity index (χ1) is 6.94. The van der Waals surface area contributed by atoms with Crippen LogP contribution >= 0.6 is 0 Å². The van der Waals surface area contributed by atoms with Crippen LogP contribution in [0.1, 0.15) is 48.0 Å². The molecule has 0 atom stereocenters. The molecule has 0 nitrogen and oxygen atoms in total. The number of hydrogen-bond acceptors (Lipinski definition) is 0. The summed E-state index contributed by atoms with van der Waals surface area (Å²) < 4.78 is 4.50. The van der Waals surface area contributed by atoms with Crippen molar-refractivity contribution < 1.29 is 16.1 Å². The molecule has 0 fully saturated rings. The fourth-order valence-corrected chi connectivity index (χ4v) is 18.7. The fourth-order valence-electron chi connectivity index (χ4n) is 2.58. The van der Waals surface area contributed by atoms with Crippen LogP contribution in [-0.4, -0.2) is 0 Å². The molecule has 0 radical (unpaired) electrons. The van der Waals surface area contributed by atoms with Gasteiger partial charge >= 0.3 is 99.1 Å². The van der Waals surface area contributed by atoms with Crippen LogP contribution in [0.2, 0.25) is 12.9 Å². The maximum atomic E-state index is 2.45. The Labute approximate surface area is 99.0 Å². The number of allylic oxidation sites excluding steroid dienone is 4. The molecule has 1 aliphatic carbocycles. The normalized spacial score (nSPS) is 18.1. The Morgan fingerprint density at radius 2 is 1.40 bits per heavy atom. The van der Waals surface area contributed by atoms with Crippen LogP contribution in [-0.2, 0) is 16.1 Å². The Kier molecular flexibility index (Phi) is 4.41. The summed E-state index contributed by atoms with van der Waals surface area (Å²) >= 11 is -1.80. The Morgan fingerprint density at radius 3 is 1.67 bits per heavy atom. The summed E-state index contributed by atoms with van der Waals surface area (Å²) in [4.78, 5) is 0. The maximum absolute atomic E-state index is 2.45. The zero-order valence-corrected chi connectivity index (χ0v) is 13.3. The summed E-state index contributed by atoms with van der Waals surface area (Å²) in [7, 11) is 0. The molecule has 0 aromatic rings. The molecule has 0 spiro atoms. The van der Waals surface area contributed by atoms with Crippen LogP contribution in [0, 0.1) is 0 Å². The summed E-state index contributed by atoms with van der Waals surface area (Å²) in [6, 6.07) is 0. The molecule has 1 heteroatoms. The number of rotatable bonds is 4. The average molecular weight is 389 g/mol. The first kappa shape index (κ1) is 13.2. The SMILES string of the molecule is C[CH](C)[Pt]([C]1=CC=CC1)([CH](C)C)[CH](C)C. The molecule has 1 rings (SSSR count). The van der Waals surface area contributed by atoms with E-state index in [1.54, 1.807) is 0 Å². The molecule has 0 saturated heterocycles. The van der Waals surface area contributed by atoms with Crippen molar-refractivity contribution in [3.8, 4) is 0 Å². The van der Waals surface area contributed by atoms with Crippen molar-refractivity contribution in [2.24, 2.45) is 0 Å². The second-order valence-corrected chi connectivity index (χ2v) is 18.2. The van der Waals surface area contributed by atoms with Gasteiger partial charge in [0.1, 0.15) is 0 Å². The van der Waals surface area contributed by atoms with E-state index < -0.39 is 16.1 Å². The Hall–Kier alpha value is 0.168. The molecule has 1 aliphatic rings. The van der Waals surface area contributed by atoms with Crippen LogP contribution in [0.25, 0.3) is 0 Å². The Balaban J connectivity index is 3.14. The van der Waals surface area contributed by atoms with Crippen molar-refractivity contribution in [2.75, 3.05) is 0 Å². The van der Waals surface area contributed by atoms with Crippen LogP contribution in [0.5, 0.6) is 0 Å². The fraction of sp³-hybridized carbons (Fsp3) is 0.714. The molecule has 0 N–H and O–H groups in total. The van der Waals surface area contributed by atoms with E-state index in [1.807, 2.05) is 3.96 Å². The standard InChI is InChI=1S/C5H5.3C3H7.Pt/c1-2-4-5-3-1;3*1-3-2;/h1-3H,4H2;3*3H,1-2H3;. The van der Waals surface area contributed by atoms with E-state index in [0.717, 1.165) is 12.9 Å². The zero-order chi connectivity index (χ0) is 11.6. The Bertz CT molecular complexity index is 247. The van der Waals surface area contributed by atoms with Crippen LogP contribution in [0.4, 0.5) is 0 Å². The summed E-state index contributed by atoms with van der Waals surface area (Å²) in [5.41, 5.74) is 0. The molecular formula is C14H26Pt. The van der Waals surface area contributed by atoms with Crippen molar-refractivity contribution in [3.05, 3.63) is 22.2 Å². The van der Waals surface area contributed by atoms with Gasteiger partial charge in [-0.05, 0) is 0 Å². The third kappa shape index (κ3) is 2.16. The predicted molar refractivity (Wildman–Crippen MR) is 67.1 cm³/mol. The molecule has 0 aliphatic heterocycles. The van der Waals surface area contributed by atoms with E-state index in [9.17, 15) is 0 Å². The van der Waals surface area contributed by atoms with Gasteiger partial charge in [-0.15, -0.1) is 0 Å². The zero-order valence-electron chi connectivity index (χ0n) is 11.0. The third-order valence-electron chi connectivity index (χ3n) is 2.87. The van der Waals surface area contributed by atoms with Gasteiger partial charge in [0, 0.05) is 0 Å². The van der Waals surface area contributed by atoms with Gasteiger partial charge in [0.25, 0.3) is 0 Å². The van der Waals surface area contributed by atoms with E-state index in [0.29, 0.717) is 0 Å². The average Bonchev–Trinajstić information content (AvgIpc) is 2.55. The van der Waals surface area contributed by atoms with Gasteiger partial charge in [0.2, 0.25) is 0 Å². The van der Waals surface area contributed by atoms with Crippen molar-refractivity contribution in [2.45, 2.75) is 60.9 Å². The van der Waals surface area contributed by atoms with Gasteiger partial charge in [-0.2, -0.15) is 0 Å². The molecule has 0 aromatic heterocycles. The van der Waals surface area contributed by atoms with Gasteiger partial charge in [0.15, 0.2) is 0 Å². The minimum atomic E-state index is -1.80. The predicted octanol–water partition coefficient (Wildman–Crippen LogP) is 5.47. The van der Waals surface area contributed by atoms with Gasteiger partial charge in [-0.25, -0.2) is 0 Å². The van der Waals surface area contributed by atoms with Crippen LogP contribution < -0.4 is 0 Å². The van der Waals surface area contributed by atoms with Gasteiger partial charge in [-0.3, -0.25) is 0 Å². The quantitative estimate of drug-likeness (QED) is 0.598. The molecule has 0 heterocycles. The first-order valence-electron chi connectivity index (χ1n) is 5.89. The van der Waals surface area contributed by atoms with E-state index in [4.69, 9.17) is 0 Å². The van der Waals surface area contributed by atoms with Gasteiger partial charge < -0.3 is 0 Å². The van der Waals surface area contributed by atoms with Crippen molar-refractivity contribution in [1.82, 2.24) is 0 Å². The molecule has 0 bridgehead atoms. The topological polar surface area (TPSA) is 0 Å². The second-order valence-electron chi connectivity index (χ2n) is 4.62. The molecule has 15 heavy (non-hydrogen) atoms. The van der Waals surface area contributed by atoms with Crippen molar-refractivity contribution >= 4 is 0 Å². The van der Waals surface area contributed by atoms with Gasteiger partial charge in [-0.1, -0.05) is 0 Å². The van der Waals surface area contributed by atoms with E-state index in [1.165, 1.54) is 6.42 Å². The summed E-state index contributed by atoms with van der Waals surface area (Å²) in [5.74, 6) is 0. The van der Waals surface area contributed by atoms with Gasteiger partial charge in [0.05, 0.1) is 0 Å². The molecule has 0 saturated carbocycles. The Morgan fingerprint density at radius 1 is 0.933 bits per heavy atom. The van der Waals surface area contributed by atoms with E-state index >= 15 is 0 Å². The van der Waals surface area contributed by atoms with Crippen molar-refractivity contribution in [3.63, 3.8) is 0 Å². The van der Waals surface area contributed by atoms with E-state index in [-0.39, 0.29) is 0 Å². The summed E-state index contributed by atoms with van der Waals surface area (Å²) in [5, 5.41) is 0. The van der Waals surface area contributed by atoms with Crippen molar-refractivity contribution in [1.29, 1.82) is 0 Å². The molecule has 0 aromatic carbocycles. The molecule has 0 unspecified atom stereocenters. The summed E-state index contributed by atoms with van der Waals surface area (Å²) in [6.07, 6.45) is 8.27. The third-order valence-corrected chi connectivity index (χ3v) is 19.3. The summed E-state index contributed by atoms with van der Waals surface area (Å²) in [6.45, 7) is 14.7. The molecular weight excluding hydrogens is 363 g/mol. The van der Waals surface area contributed by atoms with E-state index in [2.05, 4.69) is 59.8 Å². The van der Waals surface area contributed by atoms with Crippen LogP contribution in [0.3, 0.4) is 0 Å². The monoisotopic (exact) mass is 389 g/mol. The molecule has 92 valence electrons. The second kappa shape index (κ2) is 5.00. The first-order valence-corrected chi connectivity index (χ1v) is 11.0. The van der Waals surface area contributed by atoms with Crippen LogP contribution in [0.15, 0.2) is 22.2 Å².